The lowest BCUT2D eigenvalue weighted by atomic mass is 10.3. The lowest BCUT2D eigenvalue weighted by Crippen LogP contribution is -2.13. The summed E-state index contributed by atoms with van der Waals surface area (Å²) < 4.78 is 33.7. The molecule has 3 rings (SSSR count). The van der Waals surface area contributed by atoms with Crippen molar-refractivity contribution >= 4 is 33.3 Å². The van der Waals surface area contributed by atoms with Crippen LogP contribution in [0.25, 0.3) is 5.69 Å². The van der Waals surface area contributed by atoms with E-state index < -0.39 is 21.8 Å². The monoisotopic (exact) mass is 381 g/mol. The molecule has 0 aliphatic rings. The van der Waals surface area contributed by atoms with E-state index in [-0.39, 0.29) is 16.3 Å². The number of hydrogen-bond acceptors (Lipinski definition) is 5. The summed E-state index contributed by atoms with van der Waals surface area (Å²) in [6.07, 6.45) is 3.29. The maximum Gasteiger partial charge on any atom is 0.371 e. The van der Waals surface area contributed by atoms with Gasteiger partial charge in [-0.25, -0.2) is 17.9 Å². The molecule has 0 aliphatic heterocycles. The predicted molar refractivity (Wildman–Crippen MR) is 89.8 cm³/mol. The molecule has 0 radical (unpaired) electrons. The Balaban J connectivity index is 1.91. The first-order valence-corrected chi connectivity index (χ1v) is 8.80. The summed E-state index contributed by atoms with van der Waals surface area (Å²) in [7, 11) is -4.03. The standard InChI is InChI=1S/C15H12ClN3O5S/c1-9-14(8-13(24-9)15(20)21)25(22,23)18-10-3-4-12(11(16)7-10)19-6-2-5-17-19/h2-8,18H,1H3,(H,20,21). The van der Waals surface area contributed by atoms with Crippen molar-refractivity contribution in [3.05, 3.63) is 59.3 Å². The molecule has 2 aromatic heterocycles. The van der Waals surface area contributed by atoms with Crippen molar-refractivity contribution in [1.29, 1.82) is 0 Å². The number of furan rings is 1. The van der Waals surface area contributed by atoms with Crippen LogP contribution < -0.4 is 4.72 Å². The minimum atomic E-state index is -4.03. The van der Waals surface area contributed by atoms with E-state index in [0.29, 0.717) is 10.7 Å². The van der Waals surface area contributed by atoms with Gasteiger partial charge in [0.25, 0.3) is 10.0 Å². The first kappa shape index (κ1) is 17.1. The molecule has 0 atom stereocenters. The number of nitrogens with zero attached hydrogens (tertiary/aromatic N) is 2. The number of benzene rings is 1. The number of aromatic nitrogens is 2. The molecular formula is C15H12ClN3O5S. The van der Waals surface area contributed by atoms with Gasteiger partial charge in [-0.3, -0.25) is 4.72 Å². The van der Waals surface area contributed by atoms with Crippen LogP contribution in [0.2, 0.25) is 5.02 Å². The first-order chi connectivity index (χ1) is 11.8. The molecule has 0 unspecified atom stereocenters. The number of rotatable bonds is 5. The number of halogens is 1. The highest BCUT2D eigenvalue weighted by Gasteiger charge is 2.24. The van der Waals surface area contributed by atoms with Crippen molar-refractivity contribution in [1.82, 2.24) is 9.78 Å². The molecule has 0 amide bonds. The van der Waals surface area contributed by atoms with Gasteiger partial charge in [0.2, 0.25) is 5.76 Å². The van der Waals surface area contributed by atoms with E-state index in [2.05, 4.69) is 9.82 Å². The summed E-state index contributed by atoms with van der Waals surface area (Å²) in [6.45, 7) is 1.37. The second-order valence-corrected chi connectivity index (χ2v) is 7.12. The van der Waals surface area contributed by atoms with Gasteiger partial charge in [0, 0.05) is 18.5 Å². The van der Waals surface area contributed by atoms with Crippen LogP contribution in [-0.4, -0.2) is 29.3 Å². The fourth-order valence-corrected chi connectivity index (χ4v) is 3.71. The van der Waals surface area contributed by atoms with Gasteiger partial charge < -0.3 is 9.52 Å². The number of hydrogen-bond donors (Lipinski definition) is 2. The Hall–Kier alpha value is -2.78. The Bertz CT molecular complexity index is 1040. The van der Waals surface area contributed by atoms with Crippen LogP contribution in [0, 0.1) is 6.92 Å². The number of aromatic carboxylic acids is 1. The third-order valence-corrected chi connectivity index (χ3v) is 5.12. The molecule has 10 heteroatoms. The van der Waals surface area contributed by atoms with Gasteiger partial charge >= 0.3 is 5.97 Å². The van der Waals surface area contributed by atoms with Crippen LogP contribution in [0.1, 0.15) is 16.3 Å². The van der Waals surface area contributed by atoms with Crippen molar-refractivity contribution < 1.29 is 22.7 Å². The normalized spacial score (nSPS) is 11.4. The third kappa shape index (κ3) is 3.37. The van der Waals surface area contributed by atoms with Gasteiger partial charge in [-0.2, -0.15) is 5.10 Å². The molecule has 1 aromatic carbocycles. The van der Waals surface area contributed by atoms with Crippen LogP contribution in [0.15, 0.2) is 52.0 Å². The van der Waals surface area contributed by atoms with Gasteiger partial charge in [0.05, 0.1) is 16.4 Å². The second-order valence-electron chi connectivity index (χ2n) is 5.06. The SMILES string of the molecule is Cc1oc(C(=O)O)cc1S(=O)(=O)Nc1ccc(-n2cccn2)c(Cl)c1. The Kier molecular flexibility index (Phi) is 4.27. The van der Waals surface area contributed by atoms with Gasteiger partial charge in [-0.15, -0.1) is 0 Å². The van der Waals surface area contributed by atoms with E-state index in [1.54, 1.807) is 29.2 Å². The lowest BCUT2D eigenvalue weighted by molar-refractivity contribution is 0.0661. The Morgan fingerprint density at radius 2 is 2.12 bits per heavy atom. The highest BCUT2D eigenvalue weighted by molar-refractivity contribution is 7.92. The summed E-state index contributed by atoms with van der Waals surface area (Å²) in [5.41, 5.74) is 0.806. The van der Waals surface area contributed by atoms with Gasteiger partial charge in [-0.05, 0) is 31.2 Å². The third-order valence-electron chi connectivity index (χ3n) is 3.32. The minimum Gasteiger partial charge on any atom is -0.475 e. The average Bonchev–Trinajstić information content (AvgIpc) is 3.16. The molecule has 130 valence electrons. The van der Waals surface area contributed by atoms with Crippen LogP contribution in [-0.2, 0) is 10.0 Å². The van der Waals surface area contributed by atoms with E-state index in [1.165, 1.54) is 19.1 Å². The van der Waals surface area contributed by atoms with Crippen molar-refractivity contribution in [3.63, 3.8) is 0 Å². The molecule has 0 spiro atoms. The smallest absolute Gasteiger partial charge is 0.371 e. The molecule has 0 bridgehead atoms. The van der Waals surface area contributed by atoms with E-state index in [1.807, 2.05) is 0 Å². The van der Waals surface area contributed by atoms with Crippen LogP contribution in [0.3, 0.4) is 0 Å². The number of carboxylic acids is 1. The molecule has 8 nitrogen and oxygen atoms in total. The molecule has 25 heavy (non-hydrogen) atoms. The van der Waals surface area contributed by atoms with Gasteiger partial charge in [0.1, 0.15) is 10.7 Å². The molecule has 0 saturated heterocycles. The van der Waals surface area contributed by atoms with Crippen LogP contribution in [0.4, 0.5) is 5.69 Å². The highest BCUT2D eigenvalue weighted by atomic mass is 35.5. The Morgan fingerprint density at radius 3 is 2.68 bits per heavy atom. The summed E-state index contributed by atoms with van der Waals surface area (Å²) in [6, 6.07) is 7.25. The summed E-state index contributed by atoms with van der Waals surface area (Å²) in [4.78, 5) is 10.7. The molecule has 0 aliphatic carbocycles. The van der Waals surface area contributed by atoms with Crippen molar-refractivity contribution in [2.45, 2.75) is 11.8 Å². The molecule has 0 saturated carbocycles. The summed E-state index contributed by atoms with van der Waals surface area (Å²) in [5.74, 6) is -1.83. The van der Waals surface area contributed by atoms with E-state index in [4.69, 9.17) is 21.1 Å². The molecule has 0 fully saturated rings. The molecular weight excluding hydrogens is 370 g/mol. The molecule has 2 heterocycles. The minimum absolute atomic E-state index is 0.0239. The number of aryl methyl sites for hydroxylation is 1. The zero-order valence-electron chi connectivity index (χ0n) is 12.8. The summed E-state index contributed by atoms with van der Waals surface area (Å²) >= 11 is 6.18. The molecule has 3 aromatic rings. The van der Waals surface area contributed by atoms with Crippen molar-refractivity contribution in [2.75, 3.05) is 4.72 Å². The topological polar surface area (TPSA) is 114 Å². The van der Waals surface area contributed by atoms with Gasteiger partial charge in [-0.1, -0.05) is 11.6 Å². The fraction of sp³-hybridized carbons (Fsp3) is 0.0667. The zero-order chi connectivity index (χ0) is 18.2. The highest BCUT2D eigenvalue weighted by Crippen LogP contribution is 2.27. The molecule has 2 N–H and O–H groups in total. The Labute approximate surface area is 147 Å². The number of sulfonamides is 1. The van der Waals surface area contributed by atoms with Crippen LogP contribution in [0.5, 0.6) is 0 Å². The number of nitrogens with one attached hydrogen (secondary N) is 1. The maximum atomic E-state index is 12.5. The van der Waals surface area contributed by atoms with Crippen molar-refractivity contribution in [3.8, 4) is 5.69 Å². The largest absolute Gasteiger partial charge is 0.475 e. The van der Waals surface area contributed by atoms with E-state index in [9.17, 15) is 13.2 Å². The van der Waals surface area contributed by atoms with Gasteiger partial charge in [0.15, 0.2) is 0 Å². The van der Waals surface area contributed by atoms with E-state index in [0.717, 1.165) is 6.07 Å². The van der Waals surface area contributed by atoms with Crippen molar-refractivity contribution in [2.24, 2.45) is 0 Å². The van der Waals surface area contributed by atoms with E-state index >= 15 is 0 Å². The fourth-order valence-electron chi connectivity index (χ4n) is 2.22. The maximum absolute atomic E-state index is 12.5. The number of carbonyl (C=O) groups is 1. The quantitative estimate of drug-likeness (QED) is 0.702. The average molecular weight is 382 g/mol. The number of anilines is 1. The van der Waals surface area contributed by atoms with Crippen LogP contribution >= 0.6 is 11.6 Å². The predicted octanol–water partition coefficient (Wildman–Crippen LogP) is 2.93. The summed E-state index contributed by atoms with van der Waals surface area (Å²) in [5, 5.41) is 13.2. The lowest BCUT2D eigenvalue weighted by Gasteiger charge is -2.10. The first-order valence-electron chi connectivity index (χ1n) is 6.94. The zero-order valence-corrected chi connectivity index (χ0v) is 14.4. The number of carboxylic acid groups (broad SMARTS) is 1. The second kappa shape index (κ2) is 6.26. The Morgan fingerprint density at radius 1 is 1.36 bits per heavy atom.